The van der Waals surface area contributed by atoms with Gasteiger partial charge in [0.1, 0.15) is 4.90 Å². The van der Waals surface area contributed by atoms with Gasteiger partial charge in [0, 0.05) is 16.7 Å². The van der Waals surface area contributed by atoms with Crippen molar-refractivity contribution in [3.63, 3.8) is 0 Å². The second-order valence-corrected chi connectivity index (χ2v) is 6.89. The minimum atomic E-state index is -3.47. The molecule has 16 heavy (non-hydrogen) atoms. The summed E-state index contributed by atoms with van der Waals surface area (Å²) in [7, 11) is -3.47. The second kappa shape index (κ2) is 4.71. The lowest BCUT2D eigenvalue weighted by atomic mass is 10.3. The molecule has 0 aromatic carbocycles. The molecule has 0 spiro atoms. The van der Waals surface area contributed by atoms with E-state index in [1.807, 2.05) is 13.8 Å². The van der Waals surface area contributed by atoms with E-state index in [2.05, 4.69) is 15.9 Å². The zero-order valence-corrected chi connectivity index (χ0v) is 11.8. The third kappa shape index (κ3) is 2.55. The van der Waals surface area contributed by atoms with Crippen LogP contribution in [0.25, 0.3) is 0 Å². The van der Waals surface area contributed by atoms with Crippen LogP contribution >= 0.6 is 15.9 Å². The third-order valence-electron chi connectivity index (χ3n) is 2.25. The number of hydrogen-bond acceptors (Lipinski definition) is 3. The van der Waals surface area contributed by atoms with Gasteiger partial charge >= 0.3 is 0 Å². The van der Waals surface area contributed by atoms with Crippen LogP contribution in [0.15, 0.2) is 26.4 Å². The maximum absolute atomic E-state index is 11.9. The van der Waals surface area contributed by atoms with Crippen LogP contribution in [0.2, 0.25) is 0 Å². The molecule has 0 saturated heterocycles. The molecule has 0 N–H and O–H groups in total. The van der Waals surface area contributed by atoms with Crippen molar-refractivity contribution in [2.75, 3.05) is 5.75 Å². The van der Waals surface area contributed by atoms with Gasteiger partial charge in [0.2, 0.25) is 0 Å². The van der Waals surface area contributed by atoms with Crippen LogP contribution in [0.3, 0.4) is 0 Å². The van der Waals surface area contributed by atoms with Crippen LogP contribution in [-0.4, -0.2) is 18.7 Å². The standard InChI is InChI=1S/C10H14BrNO3S/c1-4-16(14,15)9-5-8(11)6-12(7(2)3)10(9)13/h5-7H,4H2,1-3H3. The SMILES string of the molecule is CCS(=O)(=O)c1cc(Br)cn(C(C)C)c1=O. The minimum Gasteiger partial charge on any atom is -0.311 e. The molecule has 1 heterocycles. The summed E-state index contributed by atoms with van der Waals surface area (Å²) in [5.41, 5.74) is -0.458. The van der Waals surface area contributed by atoms with Crippen LogP contribution in [0.4, 0.5) is 0 Å². The van der Waals surface area contributed by atoms with Gasteiger partial charge in [-0.25, -0.2) is 8.42 Å². The molecule has 1 aromatic rings. The van der Waals surface area contributed by atoms with E-state index >= 15 is 0 Å². The van der Waals surface area contributed by atoms with Crippen molar-refractivity contribution >= 4 is 25.8 Å². The summed E-state index contributed by atoms with van der Waals surface area (Å²) in [4.78, 5) is 11.8. The van der Waals surface area contributed by atoms with Crippen molar-refractivity contribution in [1.82, 2.24) is 4.57 Å². The maximum Gasteiger partial charge on any atom is 0.269 e. The summed E-state index contributed by atoms with van der Waals surface area (Å²) in [6.45, 7) is 5.18. The van der Waals surface area contributed by atoms with E-state index in [1.54, 1.807) is 6.20 Å². The smallest absolute Gasteiger partial charge is 0.269 e. The highest BCUT2D eigenvalue weighted by atomic mass is 79.9. The van der Waals surface area contributed by atoms with Gasteiger partial charge < -0.3 is 4.57 Å². The zero-order valence-electron chi connectivity index (χ0n) is 9.40. The molecule has 1 aromatic heterocycles. The number of sulfone groups is 1. The number of hydrogen-bond donors (Lipinski definition) is 0. The Bertz CT molecular complexity index is 546. The third-order valence-corrected chi connectivity index (χ3v) is 4.40. The van der Waals surface area contributed by atoms with E-state index in [0.717, 1.165) is 0 Å². The molecule has 1 rings (SSSR count). The molecule has 90 valence electrons. The van der Waals surface area contributed by atoms with E-state index in [9.17, 15) is 13.2 Å². The van der Waals surface area contributed by atoms with Crippen LogP contribution in [-0.2, 0) is 9.84 Å². The number of nitrogens with zero attached hydrogens (tertiary/aromatic N) is 1. The lowest BCUT2D eigenvalue weighted by Gasteiger charge is -2.12. The monoisotopic (exact) mass is 307 g/mol. The first kappa shape index (κ1) is 13.4. The molecule has 0 aliphatic carbocycles. The predicted molar refractivity (Wildman–Crippen MR) is 66.5 cm³/mol. The van der Waals surface area contributed by atoms with Crippen molar-refractivity contribution in [1.29, 1.82) is 0 Å². The van der Waals surface area contributed by atoms with E-state index < -0.39 is 15.4 Å². The summed E-state index contributed by atoms with van der Waals surface area (Å²) in [6, 6.07) is 1.29. The normalized spacial score (nSPS) is 12.1. The van der Waals surface area contributed by atoms with Crippen LogP contribution in [0, 0.1) is 0 Å². The van der Waals surface area contributed by atoms with Crippen LogP contribution in [0.1, 0.15) is 26.8 Å². The summed E-state index contributed by atoms with van der Waals surface area (Å²) in [5, 5.41) is 0. The highest BCUT2D eigenvalue weighted by Gasteiger charge is 2.19. The number of pyridine rings is 1. The van der Waals surface area contributed by atoms with Gasteiger partial charge in [-0.1, -0.05) is 6.92 Å². The van der Waals surface area contributed by atoms with E-state index in [1.165, 1.54) is 17.6 Å². The Kier molecular flexibility index (Phi) is 3.96. The Hall–Kier alpha value is -0.620. The molecule has 0 fully saturated rings. The molecular formula is C10H14BrNO3S. The van der Waals surface area contributed by atoms with E-state index in [-0.39, 0.29) is 16.7 Å². The first-order chi connectivity index (χ1) is 7.29. The number of halogens is 1. The maximum atomic E-state index is 11.9. The van der Waals surface area contributed by atoms with E-state index in [4.69, 9.17) is 0 Å². The fraction of sp³-hybridized carbons (Fsp3) is 0.500. The molecule has 0 bridgehead atoms. The summed E-state index contributed by atoms with van der Waals surface area (Å²) < 4.78 is 25.4. The highest BCUT2D eigenvalue weighted by Crippen LogP contribution is 2.15. The molecule has 0 aliphatic heterocycles. The summed E-state index contributed by atoms with van der Waals surface area (Å²) in [6.07, 6.45) is 1.60. The molecule has 0 atom stereocenters. The van der Waals surface area contributed by atoms with Gasteiger partial charge in [-0.2, -0.15) is 0 Å². The van der Waals surface area contributed by atoms with E-state index in [0.29, 0.717) is 4.47 Å². The quantitative estimate of drug-likeness (QED) is 0.858. The van der Waals surface area contributed by atoms with Crippen molar-refractivity contribution in [3.05, 3.63) is 27.1 Å². The fourth-order valence-electron chi connectivity index (χ4n) is 1.30. The predicted octanol–water partition coefficient (Wildman–Crippen LogP) is 1.99. The highest BCUT2D eigenvalue weighted by molar-refractivity contribution is 9.10. The Balaban J connectivity index is 3.61. The van der Waals surface area contributed by atoms with Gasteiger partial charge in [0.05, 0.1) is 5.75 Å². The lowest BCUT2D eigenvalue weighted by Crippen LogP contribution is -2.27. The molecule has 0 unspecified atom stereocenters. The topological polar surface area (TPSA) is 56.1 Å². The molecular weight excluding hydrogens is 294 g/mol. The Labute approximate surface area is 103 Å². The lowest BCUT2D eigenvalue weighted by molar-refractivity contribution is 0.558. The molecule has 0 aliphatic rings. The fourth-order valence-corrected chi connectivity index (χ4v) is 2.89. The van der Waals surface area contributed by atoms with Gasteiger partial charge in [-0.05, 0) is 35.8 Å². The molecule has 0 radical (unpaired) electrons. The van der Waals surface area contributed by atoms with Crippen LogP contribution < -0.4 is 5.56 Å². The zero-order chi connectivity index (χ0) is 12.5. The Morgan fingerprint density at radius 1 is 1.44 bits per heavy atom. The van der Waals surface area contributed by atoms with Crippen LogP contribution in [0.5, 0.6) is 0 Å². The molecule has 6 heteroatoms. The van der Waals surface area contributed by atoms with Gasteiger partial charge in [-0.15, -0.1) is 0 Å². The number of rotatable bonds is 3. The summed E-state index contributed by atoms with van der Waals surface area (Å²) >= 11 is 3.21. The Morgan fingerprint density at radius 2 is 2.00 bits per heavy atom. The van der Waals surface area contributed by atoms with Crippen molar-refractivity contribution in [2.24, 2.45) is 0 Å². The number of aromatic nitrogens is 1. The van der Waals surface area contributed by atoms with Gasteiger partial charge in [-0.3, -0.25) is 4.79 Å². The average Bonchev–Trinajstić information content (AvgIpc) is 2.20. The average molecular weight is 308 g/mol. The van der Waals surface area contributed by atoms with Gasteiger partial charge in [0.15, 0.2) is 9.84 Å². The first-order valence-corrected chi connectivity index (χ1v) is 7.38. The Morgan fingerprint density at radius 3 is 2.44 bits per heavy atom. The summed E-state index contributed by atoms with van der Waals surface area (Å²) in [5.74, 6) is -0.0726. The molecule has 4 nitrogen and oxygen atoms in total. The minimum absolute atomic E-state index is 0.0726. The van der Waals surface area contributed by atoms with Crippen molar-refractivity contribution in [3.8, 4) is 0 Å². The van der Waals surface area contributed by atoms with Gasteiger partial charge in [0.25, 0.3) is 5.56 Å². The van der Waals surface area contributed by atoms with Crippen molar-refractivity contribution in [2.45, 2.75) is 31.7 Å². The largest absolute Gasteiger partial charge is 0.311 e. The first-order valence-electron chi connectivity index (χ1n) is 4.94. The second-order valence-electron chi connectivity index (χ2n) is 3.73. The van der Waals surface area contributed by atoms with Crippen molar-refractivity contribution < 1.29 is 8.42 Å². The molecule has 0 amide bonds. The molecule has 0 saturated carbocycles.